The van der Waals surface area contributed by atoms with Crippen molar-refractivity contribution in [1.29, 1.82) is 5.41 Å². The van der Waals surface area contributed by atoms with E-state index in [-0.39, 0.29) is 27.5 Å². The first-order chi connectivity index (χ1) is 11.2. The van der Waals surface area contributed by atoms with E-state index in [2.05, 4.69) is 4.72 Å². The number of amides is 1. The van der Waals surface area contributed by atoms with E-state index in [1.807, 2.05) is 0 Å². The second-order valence-corrected chi connectivity index (χ2v) is 7.60. The molecule has 0 aliphatic carbocycles. The van der Waals surface area contributed by atoms with Crippen molar-refractivity contribution in [2.24, 2.45) is 5.73 Å². The normalized spacial score (nSPS) is 11.5. The zero-order chi connectivity index (χ0) is 18.1. The number of primary amides is 1. The Bertz CT molecular complexity index is 970. The maximum atomic E-state index is 12.1. The summed E-state index contributed by atoms with van der Waals surface area (Å²) in [5.41, 5.74) is 5.33. The first kappa shape index (κ1) is 18.5. The van der Waals surface area contributed by atoms with Crippen LogP contribution >= 0.6 is 23.2 Å². The molecule has 0 saturated carbocycles. The standard InChI is InChI=1S/C14H14Cl2N4O3S/c1-19-24(22,23)12-3-2-9(15)4-8(12)6-20-7-10(16)5-11(13(20)17)14(18)21/h2-5,7,17,19H,6H2,1H3,(H2,18,21). The van der Waals surface area contributed by atoms with Crippen molar-refractivity contribution in [2.75, 3.05) is 7.05 Å². The molecule has 0 saturated heterocycles. The molecule has 2 rings (SSSR count). The zero-order valence-electron chi connectivity index (χ0n) is 12.5. The van der Waals surface area contributed by atoms with E-state index in [9.17, 15) is 13.2 Å². The third-order valence-electron chi connectivity index (χ3n) is 3.29. The van der Waals surface area contributed by atoms with Crippen LogP contribution in [0.1, 0.15) is 15.9 Å². The molecule has 0 atom stereocenters. The van der Waals surface area contributed by atoms with E-state index in [4.69, 9.17) is 34.3 Å². The van der Waals surface area contributed by atoms with Crippen LogP contribution in [0.4, 0.5) is 0 Å². The number of sulfonamides is 1. The molecule has 0 aliphatic rings. The summed E-state index contributed by atoms with van der Waals surface area (Å²) in [4.78, 5) is 11.4. The van der Waals surface area contributed by atoms with Gasteiger partial charge in [-0.3, -0.25) is 10.2 Å². The number of carbonyl (C=O) groups is 1. The third kappa shape index (κ3) is 3.78. The lowest BCUT2D eigenvalue weighted by atomic mass is 10.2. The highest BCUT2D eigenvalue weighted by Crippen LogP contribution is 2.21. The molecule has 0 fully saturated rings. The number of nitrogens with zero attached hydrogens (tertiary/aromatic N) is 1. The Morgan fingerprint density at radius 2 is 1.96 bits per heavy atom. The molecule has 0 unspecified atom stereocenters. The predicted octanol–water partition coefficient (Wildman–Crippen LogP) is 1.33. The Morgan fingerprint density at radius 1 is 1.29 bits per heavy atom. The van der Waals surface area contributed by atoms with E-state index in [1.54, 1.807) is 0 Å². The van der Waals surface area contributed by atoms with Crippen molar-refractivity contribution in [3.63, 3.8) is 0 Å². The van der Waals surface area contributed by atoms with Crippen LogP contribution in [0.2, 0.25) is 10.0 Å². The van der Waals surface area contributed by atoms with Gasteiger partial charge in [-0.05, 0) is 36.9 Å². The number of rotatable bonds is 5. The van der Waals surface area contributed by atoms with Crippen molar-refractivity contribution in [3.8, 4) is 0 Å². The second-order valence-electron chi connectivity index (χ2n) is 4.87. The largest absolute Gasteiger partial charge is 0.365 e. The summed E-state index contributed by atoms with van der Waals surface area (Å²) in [6.07, 6.45) is 1.41. The Hall–Kier alpha value is -1.87. The van der Waals surface area contributed by atoms with Crippen molar-refractivity contribution in [3.05, 3.63) is 57.1 Å². The molecule has 10 heteroatoms. The van der Waals surface area contributed by atoms with E-state index < -0.39 is 15.9 Å². The first-order valence-corrected chi connectivity index (χ1v) is 8.86. The molecular weight excluding hydrogens is 375 g/mol. The maximum Gasteiger partial charge on any atom is 0.252 e. The third-order valence-corrected chi connectivity index (χ3v) is 5.25. The lowest BCUT2D eigenvalue weighted by Gasteiger charge is -2.14. The van der Waals surface area contributed by atoms with Gasteiger partial charge >= 0.3 is 0 Å². The molecule has 0 spiro atoms. The topological polar surface area (TPSA) is 118 Å². The number of hydrogen-bond donors (Lipinski definition) is 3. The summed E-state index contributed by atoms with van der Waals surface area (Å²) in [5, 5.41) is 8.59. The lowest BCUT2D eigenvalue weighted by molar-refractivity contribution is 0.0997. The zero-order valence-corrected chi connectivity index (χ0v) is 14.8. The highest BCUT2D eigenvalue weighted by atomic mass is 35.5. The number of hydrogen-bond acceptors (Lipinski definition) is 4. The quantitative estimate of drug-likeness (QED) is 0.716. The van der Waals surface area contributed by atoms with Crippen LogP contribution < -0.4 is 15.9 Å². The minimum Gasteiger partial charge on any atom is -0.365 e. The van der Waals surface area contributed by atoms with Crippen LogP contribution in [0.25, 0.3) is 0 Å². The Labute approximate surface area is 148 Å². The summed E-state index contributed by atoms with van der Waals surface area (Å²) in [6, 6.07) is 5.58. The summed E-state index contributed by atoms with van der Waals surface area (Å²) in [6.45, 7) is -0.0313. The minimum absolute atomic E-state index is 0.0156. The Morgan fingerprint density at radius 3 is 2.54 bits per heavy atom. The average Bonchev–Trinajstić information content (AvgIpc) is 2.50. The Kier molecular flexibility index (Phi) is 5.34. The molecule has 1 heterocycles. The van der Waals surface area contributed by atoms with Gasteiger partial charge in [-0.2, -0.15) is 0 Å². The molecule has 1 amide bonds. The van der Waals surface area contributed by atoms with Gasteiger partial charge in [0.25, 0.3) is 5.91 Å². The van der Waals surface area contributed by atoms with Crippen LogP contribution in [-0.4, -0.2) is 25.9 Å². The highest BCUT2D eigenvalue weighted by Gasteiger charge is 2.18. The van der Waals surface area contributed by atoms with Crippen LogP contribution in [0.5, 0.6) is 0 Å². The van der Waals surface area contributed by atoms with Gasteiger partial charge in [0.15, 0.2) is 0 Å². The van der Waals surface area contributed by atoms with E-state index >= 15 is 0 Å². The van der Waals surface area contributed by atoms with Gasteiger partial charge in [0.1, 0.15) is 5.49 Å². The van der Waals surface area contributed by atoms with E-state index in [0.717, 1.165) is 0 Å². The summed E-state index contributed by atoms with van der Waals surface area (Å²) < 4.78 is 27.8. The maximum absolute atomic E-state index is 12.1. The van der Waals surface area contributed by atoms with Crippen molar-refractivity contribution < 1.29 is 13.2 Å². The predicted molar refractivity (Wildman–Crippen MR) is 90.6 cm³/mol. The minimum atomic E-state index is -3.72. The van der Waals surface area contributed by atoms with Crippen molar-refractivity contribution in [1.82, 2.24) is 9.29 Å². The van der Waals surface area contributed by atoms with E-state index in [1.165, 1.54) is 42.1 Å². The molecule has 128 valence electrons. The summed E-state index contributed by atoms with van der Waals surface area (Å²) in [5.74, 6) is -0.801. The molecule has 1 aromatic heterocycles. The molecule has 2 aromatic rings. The number of benzene rings is 1. The second kappa shape index (κ2) is 6.94. The van der Waals surface area contributed by atoms with E-state index in [0.29, 0.717) is 10.6 Å². The molecular formula is C14H14Cl2N4O3S. The van der Waals surface area contributed by atoms with Crippen molar-refractivity contribution >= 4 is 39.1 Å². The fourth-order valence-electron chi connectivity index (χ4n) is 2.15. The number of nitrogens with one attached hydrogen (secondary N) is 2. The molecule has 4 N–H and O–H groups in total. The number of carbonyl (C=O) groups excluding carboxylic acids is 1. The van der Waals surface area contributed by atoms with Gasteiger partial charge < -0.3 is 10.3 Å². The molecule has 1 aromatic carbocycles. The van der Waals surface area contributed by atoms with Crippen LogP contribution in [-0.2, 0) is 16.6 Å². The molecule has 0 bridgehead atoms. The number of halogens is 2. The van der Waals surface area contributed by atoms with Gasteiger partial charge in [0, 0.05) is 11.2 Å². The smallest absolute Gasteiger partial charge is 0.252 e. The summed E-state index contributed by atoms with van der Waals surface area (Å²) >= 11 is 11.9. The van der Waals surface area contributed by atoms with Gasteiger partial charge in [-0.15, -0.1) is 0 Å². The van der Waals surface area contributed by atoms with Gasteiger partial charge in [0.05, 0.1) is 22.0 Å². The lowest BCUT2D eigenvalue weighted by Crippen LogP contribution is -2.30. The van der Waals surface area contributed by atoms with Crippen molar-refractivity contribution in [2.45, 2.75) is 11.4 Å². The first-order valence-electron chi connectivity index (χ1n) is 6.62. The van der Waals surface area contributed by atoms with Crippen LogP contribution in [0.15, 0.2) is 35.4 Å². The molecule has 0 radical (unpaired) electrons. The molecule has 7 nitrogen and oxygen atoms in total. The monoisotopic (exact) mass is 388 g/mol. The molecule has 24 heavy (non-hydrogen) atoms. The van der Waals surface area contributed by atoms with Gasteiger partial charge in [-0.1, -0.05) is 23.2 Å². The van der Waals surface area contributed by atoms with Crippen LogP contribution in [0, 0.1) is 5.41 Å². The number of pyridine rings is 1. The van der Waals surface area contributed by atoms with Gasteiger partial charge in [0.2, 0.25) is 10.0 Å². The highest BCUT2D eigenvalue weighted by molar-refractivity contribution is 7.89. The van der Waals surface area contributed by atoms with Gasteiger partial charge in [-0.25, -0.2) is 13.1 Å². The average molecular weight is 389 g/mol. The number of nitrogens with two attached hydrogens (primary N) is 1. The number of aromatic nitrogens is 1. The fraction of sp³-hybridized carbons (Fsp3) is 0.143. The SMILES string of the molecule is CNS(=O)(=O)c1ccc(Cl)cc1Cn1cc(Cl)cc(C(N)=O)c1=N. The molecule has 0 aliphatic heterocycles. The Balaban J connectivity index is 2.63. The fourth-order valence-corrected chi connectivity index (χ4v) is 3.51. The van der Waals surface area contributed by atoms with Crippen LogP contribution in [0.3, 0.4) is 0 Å². The summed E-state index contributed by atoms with van der Waals surface area (Å²) in [7, 11) is -2.43.